The average Bonchev–Trinajstić information content (AvgIpc) is 2.61. The predicted molar refractivity (Wildman–Crippen MR) is 111 cm³/mol. The first-order chi connectivity index (χ1) is 13.7. The molecule has 0 bridgehead atoms. The average molecular weight is 414 g/mol. The first-order valence-electron chi connectivity index (χ1n) is 8.93. The number of aryl methyl sites for hydroxylation is 1. The maximum atomic E-state index is 13.3. The predicted octanol–water partition coefficient (Wildman–Crippen LogP) is 2.27. The molecule has 0 saturated heterocycles. The minimum atomic E-state index is -0.707. The first-order valence-corrected chi connectivity index (χ1v) is 9.31. The van der Waals surface area contributed by atoms with Crippen LogP contribution < -0.4 is 17.0 Å². The number of hydrogen-bond acceptors (Lipinski definition) is 6. The summed E-state index contributed by atoms with van der Waals surface area (Å²) >= 11 is 5.97. The molecule has 150 valence electrons. The molecule has 3 heterocycles. The Balaban J connectivity index is 2.27. The van der Waals surface area contributed by atoms with Crippen molar-refractivity contribution in [3.05, 3.63) is 84.5 Å². The number of aromatic amines is 1. The second-order valence-electron chi connectivity index (χ2n) is 7.03. The van der Waals surface area contributed by atoms with Gasteiger partial charge in [0.2, 0.25) is 5.78 Å². The zero-order valence-corrected chi connectivity index (χ0v) is 16.9. The minimum Gasteiger partial charge on any atom is -0.384 e. The van der Waals surface area contributed by atoms with Crippen LogP contribution in [-0.2, 0) is 6.54 Å². The number of halogens is 1. The highest BCUT2D eigenvalue weighted by atomic mass is 35.5. The fourth-order valence-corrected chi connectivity index (χ4v) is 3.38. The van der Waals surface area contributed by atoms with Crippen molar-refractivity contribution >= 4 is 23.2 Å². The van der Waals surface area contributed by atoms with Crippen LogP contribution in [0.4, 0.5) is 5.82 Å². The SMILES string of the molecule is Cc1ccnc(C(=O)c2c(C(C)C)c(=O)[nH]c(=O)n2Cc2cc(N)nc(Cl)c2)c1. The van der Waals surface area contributed by atoms with Gasteiger partial charge in [0.15, 0.2) is 0 Å². The molecule has 0 aliphatic rings. The third kappa shape index (κ3) is 4.27. The van der Waals surface area contributed by atoms with Gasteiger partial charge in [0.25, 0.3) is 5.56 Å². The molecule has 8 nitrogen and oxygen atoms in total. The Bertz CT molecular complexity index is 1190. The lowest BCUT2D eigenvalue weighted by molar-refractivity contribution is 0.102. The zero-order chi connectivity index (χ0) is 21.3. The third-order valence-corrected chi connectivity index (χ3v) is 4.58. The molecule has 0 aromatic carbocycles. The summed E-state index contributed by atoms with van der Waals surface area (Å²) in [6, 6.07) is 6.47. The van der Waals surface area contributed by atoms with Crippen LogP contribution in [0.5, 0.6) is 0 Å². The van der Waals surface area contributed by atoms with Crippen molar-refractivity contribution < 1.29 is 4.79 Å². The van der Waals surface area contributed by atoms with E-state index in [4.69, 9.17) is 17.3 Å². The smallest absolute Gasteiger partial charge is 0.329 e. The molecule has 0 spiro atoms. The third-order valence-electron chi connectivity index (χ3n) is 4.39. The number of nitrogen functional groups attached to an aromatic ring is 1. The van der Waals surface area contributed by atoms with E-state index in [2.05, 4.69) is 15.0 Å². The van der Waals surface area contributed by atoms with Crippen LogP contribution in [-0.4, -0.2) is 25.3 Å². The van der Waals surface area contributed by atoms with Crippen molar-refractivity contribution in [1.82, 2.24) is 19.5 Å². The number of carbonyl (C=O) groups excluding carboxylic acids is 1. The topological polar surface area (TPSA) is 124 Å². The molecular weight excluding hydrogens is 394 g/mol. The second-order valence-corrected chi connectivity index (χ2v) is 7.42. The zero-order valence-electron chi connectivity index (χ0n) is 16.2. The van der Waals surface area contributed by atoms with Gasteiger partial charge in [-0.1, -0.05) is 25.4 Å². The summed E-state index contributed by atoms with van der Waals surface area (Å²) in [5.41, 5.74) is 6.21. The van der Waals surface area contributed by atoms with Gasteiger partial charge in [0.05, 0.1) is 6.54 Å². The van der Waals surface area contributed by atoms with Gasteiger partial charge in [-0.05, 0) is 48.2 Å². The standard InChI is InChI=1S/C20H20ClN5O3/c1-10(2)16-17(18(27)13-6-11(3)4-5-23-13)26(20(29)25-19(16)28)9-12-7-14(21)24-15(22)8-12/h4-8,10H,9H2,1-3H3,(H2,22,24)(H,25,28,29). The highest BCUT2D eigenvalue weighted by Crippen LogP contribution is 2.20. The Morgan fingerprint density at radius 2 is 2.00 bits per heavy atom. The number of ketones is 1. The van der Waals surface area contributed by atoms with Crippen molar-refractivity contribution in [3.8, 4) is 0 Å². The van der Waals surface area contributed by atoms with Crippen molar-refractivity contribution in [2.45, 2.75) is 33.2 Å². The number of nitrogens with one attached hydrogen (secondary N) is 1. The Morgan fingerprint density at radius 1 is 1.28 bits per heavy atom. The molecule has 0 saturated carbocycles. The number of carbonyl (C=O) groups is 1. The molecule has 3 rings (SSSR count). The molecular formula is C20H20ClN5O3. The number of pyridine rings is 2. The Hall–Kier alpha value is -3.26. The van der Waals surface area contributed by atoms with Crippen molar-refractivity contribution in [1.29, 1.82) is 0 Å². The van der Waals surface area contributed by atoms with Crippen molar-refractivity contribution in [2.24, 2.45) is 0 Å². The lowest BCUT2D eigenvalue weighted by Gasteiger charge is -2.17. The molecule has 29 heavy (non-hydrogen) atoms. The van der Waals surface area contributed by atoms with E-state index in [0.717, 1.165) is 5.56 Å². The number of aromatic nitrogens is 4. The highest BCUT2D eigenvalue weighted by molar-refractivity contribution is 6.29. The Morgan fingerprint density at radius 3 is 2.62 bits per heavy atom. The number of H-pyrrole nitrogens is 1. The Labute approximate surface area is 171 Å². The maximum Gasteiger partial charge on any atom is 0.329 e. The van der Waals surface area contributed by atoms with E-state index in [1.54, 1.807) is 38.1 Å². The summed E-state index contributed by atoms with van der Waals surface area (Å²) in [6.07, 6.45) is 1.51. The maximum absolute atomic E-state index is 13.3. The number of hydrogen-bond donors (Lipinski definition) is 2. The van der Waals surface area contributed by atoms with Gasteiger partial charge in [-0.2, -0.15) is 0 Å². The molecule has 3 aromatic heterocycles. The van der Waals surface area contributed by atoms with Gasteiger partial charge >= 0.3 is 5.69 Å². The van der Waals surface area contributed by atoms with Crippen LogP contribution in [0.15, 0.2) is 40.1 Å². The summed E-state index contributed by atoms with van der Waals surface area (Å²) in [7, 11) is 0. The quantitative estimate of drug-likeness (QED) is 0.488. The van der Waals surface area contributed by atoms with E-state index in [9.17, 15) is 14.4 Å². The van der Waals surface area contributed by atoms with Crippen LogP contribution >= 0.6 is 11.6 Å². The van der Waals surface area contributed by atoms with E-state index in [1.165, 1.54) is 10.8 Å². The summed E-state index contributed by atoms with van der Waals surface area (Å²) in [5.74, 6) is -0.628. The fourth-order valence-electron chi connectivity index (χ4n) is 3.15. The minimum absolute atomic E-state index is 0.00152. The van der Waals surface area contributed by atoms with Crippen molar-refractivity contribution in [3.63, 3.8) is 0 Å². The van der Waals surface area contributed by atoms with Crippen LogP contribution in [0, 0.1) is 6.92 Å². The summed E-state index contributed by atoms with van der Waals surface area (Å²) in [4.78, 5) is 48.8. The van der Waals surface area contributed by atoms with Crippen LogP contribution in [0.2, 0.25) is 5.15 Å². The summed E-state index contributed by atoms with van der Waals surface area (Å²) in [5, 5.41) is 0.162. The van der Waals surface area contributed by atoms with E-state index in [1.807, 2.05) is 6.92 Å². The second kappa shape index (κ2) is 8.00. The van der Waals surface area contributed by atoms with Crippen LogP contribution in [0.25, 0.3) is 0 Å². The van der Waals surface area contributed by atoms with E-state index >= 15 is 0 Å². The summed E-state index contributed by atoms with van der Waals surface area (Å²) < 4.78 is 1.22. The van der Waals surface area contributed by atoms with Gasteiger partial charge in [-0.25, -0.2) is 9.78 Å². The molecule has 0 aliphatic heterocycles. The molecule has 0 unspecified atom stereocenters. The first kappa shape index (κ1) is 20.5. The molecule has 9 heteroatoms. The lowest BCUT2D eigenvalue weighted by atomic mass is 9.98. The van der Waals surface area contributed by atoms with Crippen molar-refractivity contribution in [2.75, 3.05) is 5.73 Å². The Kier molecular flexibility index (Phi) is 5.65. The molecule has 3 aromatic rings. The van der Waals surface area contributed by atoms with Gasteiger partial charge in [-0.15, -0.1) is 0 Å². The van der Waals surface area contributed by atoms with Gasteiger partial charge < -0.3 is 5.73 Å². The van der Waals surface area contributed by atoms with E-state index < -0.39 is 17.0 Å². The van der Waals surface area contributed by atoms with Crippen LogP contribution in [0.3, 0.4) is 0 Å². The molecule has 0 fully saturated rings. The number of nitrogens with zero attached hydrogens (tertiary/aromatic N) is 3. The molecule has 0 aliphatic carbocycles. The monoisotopic (exact) mass is 413 g/mol. The largest absolute Gasteiger partial charge is 0.384 e. The fraction of sp³-hybridized carbons (Fsp3) is 0.250. The lowest BCUT2D eigenvalue weighted by Crippen LogP contribution is -2.38. The molecule has 0 atom stereocenters. The normalized spacial score (nSPS) is 11.1. The van der Waals surface area contributed by atoms with Crippen LogP contribution in [0.1, 0.15) is 52.6 Å². The van der Waals surface area contributed by atoms with Gasteiger partial charge in [0, 0.05) is 11.8 Å². The molecule has 0 radical (unpaired) electrons. The number of nitrogens with two attached hydrogens (primary N) is 1. The summed E-state index contributed by atoms with van der Waals surface area (Å²) in [6.45, 7) is 5.37. The van der Waals surface area contributed by atoms with E-state index in [0.29, 0.717) is 5.56 Å². The van der Waals surface area contributed by atoms with Gasteiger partial charge in [-0.3, -0.25) is 24.1 Å². The number of rotatable bonds is 5. The number of anilines is 1. The highest BCUT2D eigenvalue weighted by Gasteiger charge is 2.25. The molecule has 0 amide bonds. The van der Waals surface area contributed by atoms with E-state index in [-0.39, 0.29) is 40.4 Å². The van der Waals surface area contributed by atoms with Gasteiger partial charge in [0.1, 0.15) is 22.4 Å². The molecule has 3 N–H and O–H groups in total.